The summed E-state index contributed by atoms with van der Waals surface area (Å²) in [5.41, 5.74) is -0.167. The van der Waals surface area contributed by atoms with Gasteiger partial charge in [-0.15, -0.1) is 0 Å². The fraction of sp³-hybridized carbons (Fsp3) is 1.00. The number of rotatable bonds is 3. The van der Waals surface area contributed by atoms with Gasteiger partial charge in [0.05, 0.1) is 13.2 Å². The molecule has 0 radical (unpaired) electrons. The van der Waals surface area contributed by atoms with Gasteiger partial charge in [0.1, 0.15) is 0 Å². The van der Waals surface area contributed by atoms with Crippen molar-refractivity contribution in [3.05, 3.63) is 0 Å². The molecule has 1 aliphatic rings. The highest BCUT2D eigenvalue weighted by atomic mass is 16.7. The van der Waals surface area contributed by atoms with Gasteiger partial charge in [-0.1, -0.05) is 13.8 Å². The van der Waals surface area contributed by atoms with Crippen LogP contribution < -0.4 is 0 Å². The molecule has 0 aliphatic carbocycles. The third-order valence-corrected chi connectivity index (χ3v) is 3.48. The summed E-state index contributed by atoms with van der Waals surface area (Å²) in [6.07, 6.45) is 2.39. The van der Waals surface area contributed by atoms with E-state index in [0.717, 1.165) is 19.3 Å². The molecule has 0 spiro atoms. The first-order chi connectivity index (χ1) is 7.21. The molecule has 1 rings (SSSR count). The van der Waals surface area contributed by atoms with Crippen molar-refractivity contribution < 1.29 is 9.94 Å². The second-order valence-electron chi connectivity index (χ2n) is 6.45. The number of nitrogens with zero attached hydrogens (tertiary/aromatic N) is 1. The molecule has 3 nitrogen and oxygen atoms in total. The van der Waals surface area contributed by atoms with Gasteiger partial charge in [-0.25, -0.2) is 0 Å². The Bertz CT molecular complexity index is 236. The summed E-state index contributed by atoms with van der Waals surface area (Å²) in [5, 5.41) is 12.1. The summed E-state index contributed by atoms with van der Waals surface area (Å²) >= 11 is 0. The van der Waals surface area contributed by atoms with E-state index in [1.165, 1.54) is 0 Å². The van der Waals surface area contributed by atoms with Gasteiger partial charge in [-0.3, -0.25) is 0 Å². The van der Waals surface area contributed by atoms with E-state index in [1.807, 2.05) is 0 Å². The standard InChI is InChI=1S/C13H27NO2/c1-10(2)7-13(5)9-11(15)8-12(3,4)14(13)16-6/h10-11,15H,7-9H2,1-6H3. The Balaban J connectivity index is 2.94. The van der Waals surface area contributed by atoms with Gasteiger partial charge in [0.25, 0.3) is 0 Å². The minimum absolute atomic E-state index is 0.0654. The maximum atomic E-state index is 10.0. The van der Waals surface area contributed by atoms with E-state index in [0.29, 0.717) is 5.92 Å². The van der Waals surface area contributed by atoms with Crippen LogP contribution in [0.2, 0.25) is 0 Å². The van der Waals surface area contributed by atoms with E-state index < -0.39 is 0 Å². The zero-order valence-electron chi connectivity index (χ0n) is 11.6. The number of piperidine rings is 1. The van der Waals surface area contributed by atoms with E-state index in [9.17, 15) is 5.11 Å². The fourth-order valence-electron chi connectivity index (χ4n) is 3.57. The Morgan fingerprint density at radius 2 is 1.88 bits per heavy atom. The molecule has 0 amide bonds. The van der Waals surface area contributed by atoms with E-state index >= 15 is 0 Å². The molecule has 0 aromatic carbocycles. The van der Waals surface area contributed by atoms with Crippen molar-refractivity contribution >= 4 is 0 Å². The molecular weight excluding hydrogens is 202 g/mol. The second-order valence-corrected chi connectivity index (χ2v) is 6.45. The minimum Gasteiger partial charge on any atom is -0.393 e. The second kappa shape index (κ2) is 4.63. The summed E-state index contributed by atoms with van der Waals surface area (Å²) in [4.78, 5) is 5.59. The van der Waals surface area contributed by atoms with Crippen LogP contribution in [-0.4, -0.2) is 34.5 Å². The lowest BCUT2D eigenvalue weighted by Gasteiger charge is -2.54. The maximum Gasteiger partial charge on any atom is 0.0577 e. The molecule has 0 saturated carbocycles. The van der Waals surface area contributed by atoms with Gasteiger partial charge >= 0.3 is 0 Å². The van der Waals surface area contributed by atoms with Crippen molar-refractivity contribution in [2.75, 3.05) is 7.11 Å². The average Bonchev–Trinajstić information content (AvgIpc) is 1.97. The lowest BCUT2D eigenvalue weighted by molar-refractivity contribution is -0.284. The molecule has 96 valence electrons. The molecule has 16 heavy (non-hydrogen) atoms. The monoisotopic (exact) mass is 229 g/mol. The topological polar surface area (TPSA) is 32.7 Å². The van der Waals surface area contributed by atoms with Crippen LogP contribution in [0.3, 0.4) is 0 Å². The molecule has 2 atom stereocenters. The minimum atomic E-state index is -0.217. The summed E-state index contributed by atoms with van der Waals surface area (Å²) < 4.78 is 0. The zero-order chi connectivity index (χ0) is 12.6. The number of aliphatic hydroxyl groups excluding tert-OH is 1. The quantitative estimate of drug-likeness (QED) is 0.807. The Hall–Kier alpha value is -0.120. The smallest absolute Gasteiger partial charge is 0.0577 e. The van der Waals surface area contributed by atoms with Gasteiger partial charge in [0, 0.05) is 11.1 Å². The lowest BCUT2D eigenvalue weighted by atomic mass is 9.75. The van der Waals surface area contributed by atoms with E-state index in [4.69, 9.17) is 4.84 Å². The fourth-order valence-corrected chi connectivity index (χ4v) is 3.57. The first-order valence-corrected chi connectivity index (χ1v) is 6.24. The molecule has 0 bridgehead atoms. The van der Waals surface area contributed by atoms with Gasteiger partial charge < -0.3 is 9.94 Å². The SMILES string of the molecule is CON1C(C)(C)CC(O)CC1(C)CC(C)C. The highest BCUT2D eigenvalue weighted by Crippen LogP contribution is 2.41. The average molecular weight is 229 g/mol. The third kappa shape index (κ3) is 2.76. The molecule has 0 aromatic heterocycles. The summed E-state index contributed by atoms with van der Waals surface area (Å²) in [7, 11) is 1.73. The maximum absolute atomic E-state index is 10.0. The van der Waals surface area contributed by atoms with Gasteiger partial charge in [-0.05, 0) is 46.0 Å². The first-order valence-electron chi connectivity index (χ1n) is 6.24. The normalized spacial score (nSPS) is 35.6. The Labute approximate surface area is 99.7 Å². The van der Waals surface area contributed by atoms with Gasteiger partial charge in [0.15, 0.2) is 0 Å². The Morgan fingerprint density at radius 1 is 1.31 bits per heavy atom. The lowest BCUT2D eigenvalue weighted by Crippen LogP contribution is -2.62. The third-order valence-electron chi connectivity index (χ3n) is 3.48. The van der Waals surface area contributed by atoms with Crippen LogP contribution in [0, 0.1) is 5.92 Å². The van der Waals surface area contributed by atoms with Crippen molar-refractivity contribution in [1.82, 2.24) is 5.06 Å². The Morgan fingerprint density at radius 3 is 2.31 bits per heavy atom. The van der Waals surface area contributed by atoms with E-state index in [2.05, 4.69) is 39.7 Å². The van der Waals surface area contributed by atoms with Gasteiger partial charge in [0.2, 0.25) is 0 Å². The van der Waals surface area contributed by atoms with E-state index in [-0.39, 0.29) is 17.2 Å². The van der Waals surface area contributed by atoms with Crippen LogP contribution in [0.4, 0.5) is 0 Å². The molecule has 0 aromatic rings. The molecule has 1 N–H and O–H groups in total. The van der Waals surface area contributed by atoms with Crippen molar-refractivity contribution in [3.8, 4) is 0 Å². The molecule has 2 unspecified atom stereocenters. The number of aliphatic hydroxyl groups is 1. The highest BCUT2D eigenvalue weighted by Gasteiger charge is 2.48. The molecule has 1 heterocycles. The van der Waals surface area contributed by atoms with Crippen LogP contribution in [0.1, 0.15) is 53.9 Å². The summed E-state index contributed by atoms with van der Waals surface area (Å²) in [6, 6.07) is 0. The predicted molar refractivity (Wildman–Crippen MR) is 66.0 cm³/mol. The highest BCUT2D eigenvalue weighted by molar-refractivity contribution is 4.99. The Kier molecular flexibility index (Phi) is 4.04. The van der Waals surface area contributed by atoms with Crippen LogP contribution >= 0.6 is 0 Å². The van der Waals surface area contributed by atoms with Crippen LogP contribution in [-0.2, 0) is 4.84 Å². The molecular formula is C13H27NO2. The molecule has 1 fully saturated rings. The van der Waals surface area contributed by atoms with Crippen LogP contribution in [0.15, 0.2) is 0 Å². The first kappa shape index (κ1) is 13.9. The summed E-state index contributed by atoms with van der Waals surface area (Å²) in [6.45, 7) is 10.9. The van der Waals surface area contributed by atoms with Crippen molar-refractivity contribution in [2.24, 2.45) is 5.92 Å². The van der Waals surface area contributed by atoms with Gasteiger partial charge in [-0.2, -0.15) is 5.06 Å². The predicted octanol–water partition coefficient (Wildman–Crippen LogP) is 2.59. The number of hydroxylamine groups is 2. The molecule has 1 aliphatic heterocycles. The van der Waals surface area contributed by atoms with Crippen LogP contribution in [0.25, 0.3) is 0 Å². The van der Waals surface area contributed by atoms with Crippen molar-refractivity contribution in [2.45, 2.75) is 71.1 Å². The number of hydrogen-bond acceptors (Lipinski definition) is 3. The van der Waals surface area contributed by atoms with Crippen LogP contribution in [0.5, 0.6) is 0 Å². The summed E-state index contributed by atoms with van der Waals surface area (Å²) in [5.74, 6) is 0.601. The van der Waals surface area contributed by atoms with Crippen molar-refractivity contribution in [3.63, 3.8) is 0 Å². The van der Waals surface area contributed by atoms with Crippen molar-refractivity contribution in [1.29, 1.82) is 0 Å². The molecule has 1 saturated heterocycles. The number of hydrogen-bond donors (Lipinski definition) is 1. The molecule has 3 heteroatoms. The largest absolute Gasteiger partial charge is 0.393 e. The zero-order valence-corrected chi connectivity index (χ0v) is 11.6. The van der Waals surface area contributed by atoms with E-state index in [1.54, 1.807) is 7.11 Å².